The molecule has 3 aromatic rings. The van der Waals surface area contributed by atoms with Crippen molar-refractivity contribution < 1.29 is 0 Å². The number of hydrogen-bond donors (Lipinski definition) is 0. The second-order valence-corrected chi connectivity index (χ2v) is 5.52. The van der Waals surface area contributed by atoms with Crippen molar-refractivity contribution in [1.82, 2.24) is 4.57 Å². The van der Waals surface area contributed by atoms with Gasteiger partial charge in [-0.2, -0.15) is 5.26 Å². The molecule has 2 aromatic carbocycles. The van der Waals surface area contributed by atoms with Crippen LogP contribution >= 0.6 is 0 Å². The van der Waals surface area contributed by atoms with Crippen molar-refractivity contribution in [3.63, 3.8) is 0 Å². The number of fused-ring (bicyclic) bond motifs is 1. The molecule has 0 saturated carbocycles. The van der Waals surface area contributed by atoms with Crippen molar-refractivity contribution in [3.8, 4) is 17.2 Å². The number of nitrogens with zero attached hydrogens (tertiary/aromatic N) is 2. The zero-order chi connectivity index (χ0) is 15.7. The first-order valence-electron chi connectivity index (χ1n) is 7.28. The van der Waals surface area contributed by atoms with E-state index in [2.05, 4.69) is 6.07 Å². The Morgan fingerprint density at radius 2 is 1.55 bits per heavy atom. The van der Waals surface area contributed by atoms with Crippen molar-refractivity contribution >= 4 is 10.8 Å². The Morgan fingerprint density at radius 1 is 0.955 bits per heavy atom. The van der Waals surface area contributed by atoms with Crippen molar-refractivity contribution in [2.45, 2.75) is 19.9 Å². The number of hydrogen-bond acceptors (Lipinski definition) is 2. The maximum atomic E-state index is 12.7. The van der Waals surface area contributed by atoms with E-state index < -0.39 is 0 Å². The van der Waals surface area contributed by atoms with E-state index in [1.54, 1.807) is 4.57 Å². The molecule has 0 fully saturated rings. The summed E-state index contributed by atoms with van der Waals surface area (Å²) in [6, 6.07) is 19.4. The summed E-state index contributed by atoms with van der Waals surface area (Å²) in [6.45, 7) is 3.84. The molecule has 0 radical (unpaired) electrons. The molecule has 3 heteroatoms. The third kappa shape index (κ3) is 2.10. The van der Waals surface area contributed by atoms with Crippen LogP contribution in [0.25, 0.3) is 21.9 Å². The number of benzene rings is 2. The molecular weight excluding hydrogens is 272 g/mol. The normalized spacial score (nSPS) is 10.8. The predicted molar refractivity (Wildman–Crippen MR) is 88.7 cm³/mol. The number of nitriles is 1. The Morgan fingerprint density at radius 3 is 2.14 bits per heavy atom. The van der Waals surface area contributed by atoms with Crippen LogP contribution in [0.15, 0.2) is 59.4 Å². The highest BCUT2D eigenvalue weighted by Gasteiger charge is 2.18. The van der Waals surface area contributed by atoms with Crippen LogP contribution in [0, 0.1) is 11.3 Å². The van der Waals surface area contributed by atoms with E-state index in [4.69, 9.17) is 0 Å². The van der Waals surface area contributed by atoms with Crippen molar-refractivity contribution in [2.75, 3.05) is 0 Å². The van der Waals surface area contributed by atoms with Gasteiger partial charge in [-0.25, -0.2) is 0 Å². The molecule has 0 saturated heterocycles. The molecule has 108 valence electrons. The van der Waals surface area contributed by atoms with Gasteiger partial charge in [-0.05, 0) is 30.9 Å². The summed E-state index contributed by atoms with van der Waals surface area (Å²) in [5, 5.41) is 11.2. The Hall–Kier alpha value is -2.86. The Kier molecular flexibility index (Phi) is 3.52. The van der Waals surface area contributed by atoms with Gasteiger partial charge in [0.2, 0.25) is 0 Å². The Bertz CT molecular complexity index is 931. The lowest BCUT2D eigenvalue weighted by atomic mass is 9.96. The van der Waals surface area contributed by atoms with Crippen molar-refractivity contribution in [3.05, 3.63) is 70.6 Å². The van der Waals surface area contributed by atoms with Gasteiger partial charge in [-0.1, -0.05) is 48.5 Å². The van der Waals surface area contributed by atoms with Crippen molar-refractivity contribution in [2.24, 2.45) is 0 Å². The fraction of sp³-hybridized carbons (Fsp3) is 0.158. The molecule has 1 aromatic heterocycles. The molecule has 0 atom stereocenters. The van der Waals surface area contributed by atoms with Crippen LogP contribution in [-0.2, 0) is 0 Å². The topological polar surface area (TPSA) is 45.8 Å². The molecule has 0 aliphatic rings. The number of rotatable bonds is 2. The summed E-state index contributed by atoms with van der Waals surface area (Å²) in [7, 11) is 0. The molecule has 3 rings (SSSR count). The minimum atomic E-state index is -0.109. The van der Waals surface area contributed by atoms with E-state index in [1.165, 1.54) is 0 Å². The molecular formula is C19H16N2O. The molecule has 0 aliphatic carbocycles. The van der Waals surface area contributed by atoms with Crippen LogP contribution in [0.4, 0.5) is 0 Å². The van der Waals surface area contributed by atoms with Gasteiger partial charge >= 0.3 is 0 Å². The average molecular weight is 288 g/mol. The van der Waals surface area contributed by atoms with E-state index in [0.29, 0.717) is 11.1 Å². The zero-order valence-electron chi connectivity index (χ0n) is 12.6. The molecule has 22 heavy (non-hydrogen) atoms. The Balaban J connectivity index is 2.57. The lowest BCUT2D eigenvalue weighted by molar-refractivity contribution is 0.577. The summed E-state index contributed by atoms with van der Waals surface area (Å²) in [6.07, 6.45) is 0. The van der Waals surface area contributed by atoms with Crippen LogP contribution in [0.2, 0.25) is 0 Å². The predicted octanol–water partition coefficient (Wildman–Crippen LogP) is 4.12. The second kappa shape index (κ2) is 5.50. The van der Waals surface area contributed by atoms with Gasteiger partial charge < -0.3 is 0 Å². The molecule has 3 nitrogen and oxygen atoms in total. The monoisotopic (exact) mass is 288 g/mol. The summed E-state index contributed by atoms with van der Waals surface area (Å²) in [5.74, 6) is 0. The van der Waals surface area contributed by atoms with Gasteiger partial charge in [-0.3, -0.25) is 9.36 Å². The highest BCUT2D eigenvalue weighted by molar-refractivity contribution is 5.98. The van der Waals surface area contributed by atoms with Crippen LogP contribution < -0.4 is 5.56 Å². The van der Waals surface area contributed by atoms with Crippen LogP contribution in [-0.4, -0.2) is 4.57 Å². The quantitative estimate of drug-likeness (QED) is 0.712. The molecule has 0 unspecified atom stereocenters. The smallest absolute Gasteiger partial charge is 0.259 e. The van der Waals surface area contributed by atoms with Crippen molar-refractivity contribution in [1.29, 1.82) is 5.26 Å². The lowest BCUT2D eigenvalue weighted by Crippen LogP contribution is -2.25. The minimum absolute atomic E-state index is 0.0748. The molecule has 0 amide bonds. The summed E-state index contributed by atoms with van der Waals surface area (Å²) >= 11 is 0. The maximum absolute atomic E-state index is 12.7. The standard InChI is InChI=1S/C19H16N2O/c1-13(2)21-17(12-20)18(14-8-4-3-5-9-14)15-10-6-7-11-16(15)19(21)22/h3-11,13H,1-2H3. The van der Waals surface area contributed by atoms with E-state index in [0.717, 1.165) is 16.5 Å². The highest BCUT2D eigenvalue weighted by Crippen LogP contribution is 2.31. The first-order chi connectivity index (χ1) is 10.6. The van der Waals surface area contributed by atoms with Gasteiger partial charge in [0.15, 0.2) is 0 Å². The largest absolute Gasteiger partial charge is 0.296 e. The first-order valence-corrected chi connectivity index (χ1v) is 7.28. The number of aromatic nitrogens is 1. The fourth-order valence-corrected chi connectivity index (χ4v) is 2.87. The van der Waals surface area contributed by atoms with E-state index in [1.807, 2.05) is 68.4 Å². The van der Waals surface area contributed by atoms with Crippen LogP contribution in [0.3, 0.4) is 0 Å². The highest BCUT2D eigenvalue weighted by atomic mass is 16.1. The van der Waals surface area contributed by atoms with E-state index in [-0.39, 0.29) is 11.6 Å². The average Bonchev–Trinajstić information content (AvgIpc) is 2.55. The van der Waals surface area contributed by atoms with Crippen LogP contribution in [0.5, 0.6) is 0 Å². The lowest BCUT2D eigenvalue weighted by Gasteiger charge is -2.18. The molecule has 0 aliphatic heterocycles. The minimum Gasteiger partial charge on any atom is -0.296 e. The second-order valence-electron chi connectivity index (χ2n) is 5.52. The fourth-order valence-electron chi connectivity index (χ4n) is 2.87. The van der Waals surface area contributed by atoms with Gasteiger partial charge in [-0.15, -0.1) is 0 Å². The summed E-state index contributed by atoms with van der Waals surface area (Å²) < 4.78 is 1.59. The first kappa shape index (κ1) is 14.1. The van der Waals surface area contributed by atoms with E-state index >= 15 is 0 Å². The molecule has 1 heterocycles. The van der Waals surface area contributed by atoms with Gasteiger partial charge in [0.1, 0.15) is 11.8 Å². The maximum Gasteiger partial charge on any atom is 0.259 e. The Labute approximate surface area is 129 Å². The summed E-state index contributed by atoms with van der Waals surface area (Å²) in [4.78, 5) is 12.7. The molecule has 0 spiro atoms. The SMILES string of the molecule is CC(C)n1c(C#N)c(-c2ccccc2)c2ccccc2c1=O. The number of pyridine rings is 1. The molecule has 0 N–H and O–H groups in total. The third-order valence-corrected chi connectivity index (χ3v) is 3.81. The third-order valence-electron chi connectivity index (χ3n) is 3.81. The van der Waals surface area contributed by atoms with E-state index in [9.17, 15) is 10.1 Å². The van der Waals surface area contributed by atoms with Gasteiger partial charge in [0.05, 0.1) is 0 Å². The zero-order valence-corrected chi connectivity index (χ0v) is 12.6. The van der Waals surface area contributed by atoms with Gasteiger partial charge in [0.25, 0.3) is 5.56 Å². The van der Waals surface area contributed by atoms with Crippen LogP contribution in [0.1, 0.15) is 25.6 Å². The summed E-state index contributed by atoms with van der Waals surface area (Å²) in [5.41, 5.74) is 2.09. The van der Waals surface area contributed by atoms with Gasteiger partial charge in [0, 0.05) is 17.0 Å². The molecule has 0 bridgehead atoms.